The van der Waals surface area contributed by atoms with E-state index in [9.17, 15) is 26.4 Å². The van der Waals surface area contributed by atoms with Gasteiger partial charge in [-0.15, -0.1) is 0 Å². The third kappa shape index (κ3) is 5.53. The predicted molar refractivity (Wildman–Crippen MR) is 119 cm³/mol. The van der Waals surface area contributed by atoms with Crippen LogP contribution >= 0.6 is 11.6 Å². The third-order valence-corrected chi connectivity index (χ3v) is 8.39. The second-order valence-corrected chi connectivity index (χ2v) is 11.0. The van der Waals surface area contributed by atoms with Crippen LogP contribution in [0.1, 0.15) is 53.2 Å². The van der Waals surface area contributed by atoms with Crippen LogP contribution in [-0.2, 0) is 16.0 Å². The van der Waals surface area contributed by atoms with E-state index in [2.05, 4.69) is 10.6 Å². The molecule has 0 radical (unpaired) electrons. The highest BCUT2D eigenvalue weighted by Gasteiger charge is 2.36. The predicted octanol–water partition coefficient (Wildman–Crippen LogP) is 4.77. The fraction of sp³-hybridized carbons (Fsp3) is 0.435. The van der Waals surface area contributed by atoms with Gasteiger partial charge in [0.15, 0.2) is 9.84 Å². The molecule has 0 spiro atoms. The summed E-state index contributed by atoms with van der Waals surface area (Å²) in [6.45, 7) is 0.745. The number of hydrogen-bond donors (Lipinski definition) is 2. The van der Waals surface area contributed by atoms with Crippen molar-refractivity contribution in [3.63, 3.8) is 0 Å². The van der Waals surface area contributed by atoms with Crippen molar-refractivity contribution in [1.82, 2.24) is 10.6 Å². The summed E-state index contributed by atoms with van der Waals surface area (Å²) in [5.41, 5.74) is -0.674. The molecule has 0 aromatic heterocycles. The van der Waals surface area contributed by atoms with Crippen molar-refractivity contribution in [2.45, 2.75) is 48.8 Å². The van der Waals surface area contributed by atoms with E-state index in [4.69, 9.17) is 11.6 Å². The monoisotopic (exact) mass is 500 g/mol. The lowest BCUT2D eigenvalue weighted by Crippen LogP contribution is -2.41. The average Bonchev–Trinajstić information content (AvgIpc) is 3.39. The Hall–Kier alpha value is -2.10. The summed E-state index contributed by atoms with van der Waals surface area (Å²) in [5.74, 6) is -0.373. The molecular formula is C23H24ClF3N2O3S. The maximum absolute atomic E-state index is 13.2. The largest absolute Gasteiger partial charge is 0.417 e. The van der Waals surface area contributed by atoms with E-state index in [1.54, 1.807) is 12.1 Å². The Bertz CT molecular complexity index is 1130. The fourth-order valence-corrected chi connectivity index (χ4v) is 6.15. The molecule has 2 aromatic rings. The number of benzene rings is 2. The SMILES string of the molecule is O=C(NC(c1ccc(S(=O)(=O)CC2CC2)cc1)[C@H]1CCCN1)c1cccc(C(F)(F)F)c1Cl. The maximum Gasteiger partial charge on any atom is 0.417 e. The first-order chi connectivity index (χ1) is 15.6. The van der Waals surface area contributed by atoms with E-state index in [1.165, 1.54) is 18.2 Å². The molecule has 1 aliphatic heterocycles. The number of alkyl halides is 3. The summed E-state index contributed by atoms with van der Waals surface area (Å²) in [4.78, 5) is 13.2. The highest BCUT2D eigenvalue weighted by atomic mass is 35.5. The Morgan fingerprint density at radius 3 is 2.39 bits per heavy atom. The van der Waals surface area contributed by atoms with E-state index in [0.717, 1.165) is 44.4 Å². The molecular weight excluding hydrogens is 477 g/mol. The molecule has 1 heterocycles. The summed E-state index contributed by atoms with van der Waals surface area (Å²) in [6, 6.07) is 8.87. The quantitative estimate of drug-likeness (QED) is 0.574. The van der Waals surface area contributed by atoms with Crippen LogP contribution in [0.3, 0.4) is 0 Å². The van der Waals surface area contributed by atoms with Crippen molar-refractivity contribution in [3.05, 3.63) is 64.2 Å². The Morgan fingerprint density at radius 1 is 1.12 bits per heavy atom. The van der Waals surface area contributed by atoms with Crippen molar-refractivity contribution in [1.29, 1.82) is 0 Å². The van der Waals surface area contributed by atoms with Gasteiger partial charge in [0.25, 0.3) is 5.91 Å². The molecule has 33 heavy (non-hydrogen) atoms. The number of carbonyl (C=O) groups is 1. The summed E-state index contributed by atoms with van der Waals surface area (Å²) in [7, 11) is -3.38. The average molecular weight is 501 g/mol. The molecule has 1 saturated carbocycles. The molecule has 0 bridgehead atoms. The Morgan fingerprint density at radius 2 is 1.82 bits per heavy atom. The lowest BCUT2D eigenvalue weighted by Gasteiger charge is -2.26. The second kappa shape index (κ2) is 9.27. The minimum atomic E-state index is -4.68. The number of amides is 1. The van der Waals surface area contributed by atoms with E-state index < -0.39 is 38.5 Å². The minimum absolute atomic E-state index is 0.130. The van der Waals surface area contributed by atoms with Gasteiger partial charge in [0, 0.05) is 6.04 Å². The highest BCUT2D eigenvalue weighted by Crippen LogP contribution is 2.37. The van der Waals surface area contributed by atoms with Crippen LogP contribution in [0.15, 0.2) is 47.4 Å². The number of halogens is 4. The van der Waals surface area contributed by atoms with Gasteiger partial charge in [0.05, 0.1) is 32.8 Å². The number of hydrogen-bond acceptors (Lipinski definition) is 4. The first-order valence-electron chi connectivity index (χ1n) is 10.8. The number of carbonyl (C=O) groups excluding carboxylic acids is 1. The van der Waals surface area contributed by atoms with Gasteiger partial charge in [-0.2, -0.15) is 13.2 Å². The van der Waals surface area contributed by atoms with Crippen LogP contribution in [-0.4, -0.2) is 32.7 Å². The first-order valence-corrected chi connectivity index (χ1v) is 12.8. The van der Waals surface area contributed by atoms with Crippen LogP contribution in [0.4, 0.5) is 13.2 Å². The smallest absolute Gasteiger partial charge is 0.344 e. The van der Waals surface area contributed by atoms with Crippen molar-refractivity contribution >= 4 is 27.3 Å². The van der Waals surface area contributed by atoms with Crippen LogP contribution in [0, 0.1) is 5.92 Å². The summed E-state index contributed by atoms with van der Waals surface area (Å²) >= 11 is 5.93. The van der Waals surface area contributed by atoms with Crippen molar-refractivity contribution in [2.75, 3.05) is 12.3 Å². The molecule has 2 N–H and O–H groups in total. The van der Waals surface area contributed by atoms with Crippen LogP contribution < -0.4 is 10.6 Å². The van der Waals surface area contributed by atoms with Crippen molar-refractivity contribution in [3.8, 4) is 0 Å². The molecule has 4 rings (SSSR count). The molecule has 2 aromatic carbocycles. The molecule has 10 heteroatoms. The topological polar surface area (TPSA) is 75.3 Å². The molecule has 2 fully saturated rings. The molecule has 2 aliphatic rings. The van der Waals surface area contributed by atoms with E-state index in [0.29, 0.717) is 5.56 Å². The fourth-order valence-electron chi connectivity index (χ4n) is 4.13. The van der Waals surface area contributed by atoms with Gasteiger partial charge in [-0.25, -0.2) is 8.42 Å². The van der Waals surface area contributed by atoms with Gasteiger partial charge in [-0.3, -0.25) is 4.79 Å². The zero-order valence-electron chi connectivity index (χ0n) is 17.7. The van der Waals surface area contributed by atoms with Gasteiger partial charge in [-0.05, 0) is 68.0 Å². The Kier molecular flexibility index (Phi) is 6.75. The summed E-state index contributed by atoms with van der Waals surface area (Å²) < 4.78 is 64.7. The molecule has 1 aliphatic carbocycles. The Balaban J connectivity index is 1.59. The second-order valence-electron chi connectivity index (χ2n) is 8.61. The van der Waals surface area contributed by atoms with Gasteiger partial charge in [-0.1, -0.05) is 29.8 Å². The standard InChI is InChI=1S/C23H24ClF3N2O3S/c24-20-17(3-1-4-18(20)23(25,26)27)22(30)29-21(19-5-2-12-28-19)15-8-10-16(11-9-15)33(31,32)13-14-6-7-14/h1,3-4,8-11,14,19,21,28H,2,5-7,12-13H2,(H,29,30)/t19-,21?/m1/s1. The highest BCUT2D eigenvalue weighted by molar-refractivity contribution is 7.91. The maximum atomic E-state index is 13.2. The molecule has 178 valence electrons. The summed E-state index contributed by atoms with van der Waals surface area (Å²) in [5, 5.41) is 5.45. The van der Waals surface area contributed by atoms with Crippen molar-refractivity contribution < 1.29 is 26.4 Å². The molecule has 5 nitrogen and oxygen atoms in total. The van der Waals surface area contributed by atoms with Crippen LogP contribution in [0.2, 0.25) is 5.02 Å². The van der Waals surface area contributed by atoms with E-state index in [1.807, 2.05) is 0 Å². The van der Waals surface area contributed by atoms with E-state index >= 15 is 0 Å². The van der Waals surface area contributed by atoms with Crippen molar-refractivity contribution in [2.24, 2.45) is 5.92 Å². The van der Waals surface area contributed by atoms with Gasteiger partial charge < -0.3 is 10.6 Å². The number of rotatable bonds is 7. The van der Waals surface area contributed by atoms with E-state index in [-0.39, 0.29) is 28.2 Å². The molecule has 1 amide bonds. The zero-order chi connectivity index (χ0) is 23.8. The minimum Gasteiger partial charge on any atom is -0.344 e. The lowest BCUT2D eigenvalue weighted by molar-refractivity contribution is -0.137. The number of nitrogens with one attached hydrogen (secondary N) is 2. The van der Waals surface area contributed by atoms with Gasteiger partial charge >= 0.3 is 6.18 Å². The third-order valence-electron chi connectivity index (χ3n) is 6.09. The lowest BCUT2D eigenvalue weighted by atomic mass is 9.97. The van der Waals surface area contributed by atoms with Crippen LogP contribution in [0.5, 0.6) is 0 Å². The van der Waals surface area contributed by atoms with Gasteiger partial charge in [0.2, 0.25) is 0 Å². The summed E-state index contributed by atoms with van der Waals surface area (Å²) in [6.07, 6.45) is -1.19. The van der Waals surface area contributed by atoms with Crippen LogP contribution in [0.25, 0.3) is 0 Å². The molecule has 1 saturated heterocycles. The normalized spacial score (nSPS) is 19.9. The molecule has 2 atom stereocenters. The number of sulfone groups is 1. The first kappa shape index (κ1) is 24.0. The Labute approximate surface area is 195 Å². The molecule has 1 unspecified atom stereocenters. The van der Waals surface area contributed by atoms with Gasteiger partial charge in [0.1, 0.15) is 0 Å². The zero-order valence-corrected chi connectivity index (χ0v) is 19.2.